The normalized spacial score (nSPS) is 21.0. The minimum atomic E-state index is -0.154. The highest BCUT2D eigenvalue weighted by atomic mass is 16.7. The second-order valence-corrected chi connectivity index (χ2v) is 19.7. The van der Waals surface area contributed by atoms with Crippen LogP contribution in [0.5, 0.6) is 0 Å². The summed E-state index contributed by atoms with van der Waals surface area (Å²) in [6, 6.07) is 52.6. The summed E-state index contributed by atoms with van der Waals surface area (Å²) >= 11 is 0. The van der Waals surface area contributed by atoms with Gasteiger partial charge in [0, 0.05) is 60.6 Å². The van der Waals surface area contributed by atoms with Gasteiger partial charge in [-0.1, -0.05) is 72.8 Å². The van der Waals surface area contributed by atoms with Crippen molar-refractivity contribution in [2.24, 2.45) is 0 Å². The van der Waals surface area contributed by atoms with Gasteiger partial charge in [-0.25, -0.2) is 0 Å². The smallest absolute Gasteiger partial charge is 0.158 e. The number of nitrogens with zero attached hydrogens (tertiary/aromatic N) is 2. The Morgan fingerprint density at radius 1 is 0.389 bits per heavy atom. The standard InChI is InChI=1S/C62H72N2O8/c1-46(72-62-25-5-9-37-68-62)38-47-14-10-18-55(39-47)63(56-19-11-15-48(40-56)43-69-59-22-2-6-34-65-59)53-30-26-51(27-31-53)52-28-32-54(33-29-52)64(57-20-12-16-49(41-57)44-70-60-23-3-7-35-66-60)58-21-13-17-50(42-58)45-71-61-24-4-8-36-67-61/h10-21,26-33,39-42,46,59-62H,2-9,22-25,34-38,43-45H2,1H3. The van der Waals surface area contributed by atoms with Gasteiger partial charge in [0.1, 0.15) is 0 Å². The third kappa shape index (κ3) is 13.8. The van der Waals surface area contributed by atoms with E-state index in [-0.39, 0.29) is 31.3 Å². The quantitative estimate of drug-likeness (QED) is 0.0738. The summed E-state index contributed by atoms with van der Waals surface area (Å²) in [5.41, 5.74) is 13.1. The predicted octanol–water partition coefficient (Wildman–Crippen LogP) is 14.9. The molecule has 10 nitrogen and oxygen atoms in total. The molecule has 0 radical (unpaired) electrons. The van der Waals surface area contributed by atoms with Crippen molar-refractivity contribution in [2.45, 2.75) is 141 Å². The average molecular weight is 973 g/mol. The van der Waals surface area contributed by atoms with E-state index in [1.54, 1.807) is 0 Å². The first-order valence-electron chi connectivity index (χ1n) is 26.7. The summed E-state index contributed by atoms with van der Waals surface area (Å²) in [5, 5.41) is 0. The van der Waals surface area contributed by atoms with Gasteiger partial charge in [0.2, 0.25) is 0 Å². The van der Waals surface area contributed by atoms with Gasteiger partial charge in [0.15, 0.2) is 25.2 Å². The molecule has 72 heavy (non-hydrogen) atoms. The summed E-state index contributed by atoms with van der Waals surface area (Å²) in [5.74, 6) is 0. The van der Waals surface area contributed by atoms with Gasteiger partial charge in [-0.15, -0.1) is 0 Å². The van der Waals surface area contributed by atoms with Crippen LogP contribution in [0.3, 0.4) is 0 Å². The Kier molecular flexibility index (Phi) is 17.8. The van der Waals surface area contributed by atoms with Crippen molar-refractivity contribution in [1.82, 2.24) is 0 Å². The molecule has 0 N–H and O–H groups in total. The lowest BCUT2D eigenvalue weighted by atomic mass is 10.0. The number of hydrogen-bond donors (Lipinski definition) is 0. The van der Waals surface area contributed by atoms with Crippen LogP contribution in [0.15, 0.2) is 146 Å². The van der Waals surface area contributed by atoms with E-state index in [1.165, 1.54) is 5.56 Å². The highest BCUT2D eigenvalue weighted by Gasteiger charge is 2.22. The van der Waals surface area contributed by atoms with Gasteiger partial charge in [-0.2, -0.15) is 0 Å². The van der Waals surface area contributed by atoms with Gasteiger partial charge in [0.25, 0.3) is 0 Å². The Morgan fingerprint density at radius 3 is 1.07 bits per heavy atom. The van der Waals surface area contributed by atoms with E-state index in [9.17, 15) is 0 Å². The molecule has 4 aliphatic rings. The Bertz CT molecular complexity index is 2520. The van der Waals surface area contributed by atoms with Crippen LogP contribution >= 0.6 is 0 Å². The first-order valence-corrected chi connectivity index (χ1v) is 26.7. The molecule has 0 aliphatic carbocycles. The van der Waals surface area contributed by atoms with Crippen LogP contribution in [0.1, 0.15) is 106 Å². The molecule has 4 fully saturated rings. The highest BCUT2D eigenvalue weighted by Crippen LogP contribution is 2.40. The monoisotopic (exact) mass is 973 g/mol. The van der Waals surface area contributed by atoms with E-state index in [0.29, 0.717) is 19.8 Å². The molecule has 378 valence electrons. The molecule has 4 aliphatic heterocycles. The zero-order valence-corrected chi connectivity index (χ0v) is 42.0. The number of hydrogen-bond acceptors (Lipinski definition) is 10. The fourth-order valence-corrected chi connectivity index (χ4v) is 10.2. The molecule has 10 heteroatoms. The van der Waals surface area contributed by atoms with Crippen molar-refractivity contribution >= 4 is 34.1 Å². The van der Waals surface area contributed by atoms with Gasteiger partial charge in [-0.3, -0.25) is 0 Å². The zero-order chi connectivity index (χ0) is 48.7. The summed E-state index contributed by atoms with van der Waals surface area (Å²) < 4.78 is 48.7. The maximum absolute atomic E-state index is 6.36. The van der Waals surface area contributed by atoms with Gasteiger partial charge >= 0.3 is 0 Å². The Labute approximate surface area is 427 Å². The van der Waals surface area contributed by atoms with Crippen LogP contribution < -0.4 is 9.80 Å². The summed E-state index contributed by atoms with van der Waals surface area (Å²) in [7, 11) is 0. The van der Waals surface area contributed by atoms with Crippen molar-refractivity contribution in [3.05, 3.63) is 168 Å². The summed E-state index contributed by atoms with van der Waals surface area (Å²) in [6.07, 6.45) is 12.9. The van der Waals surface area contributed by atoms with E-state index in [4.69, 9.17) is 37.9 Å². The van der Waals surface area contributed by atoms with Gasteiger partial charge in [0.05, 0.1) is 25.9 Å². The third-order valence-electron chi connectivity index (χ3n) is 14.0. The molecule has 6 aromatic carbocycles. The number of ether oxygens (including phenoxy) is 8. The van der Waals surface area contributed by atoms with Crippen molar-refractivity contribution in [2.75, 3.05) is 36.2 Å². The van der Waals surface area contributed by atoms with E-state index < -0.39 is 0 Å². The number of anilines is 6. The van der Waals surface area contributed by atoms with Crippen LogP contribution in [-0.2, 0) is 64.1 Å². The second-order valence-electron chi connectivity index (χ2n) is 19.7. The first-order chi connectivity index (χ1) is 35.6. The molecular weight excluding hydrogens is 901 g/mol. The minimum Gasteiger partial charge on any atom is -0.353 e. The van der Waals surface area contributed by atoms with Crippen LogP contribution in [0.2, 0.25) is 0 Å². The number of rotatable bonds is 20. The minimum absolute atomic E-state index is 0.0227. The van der Waals surface area contributed by atoms with Crippen LogP contribution in [0, 0.1) is 0 Å². The Hall–Kier alpha value is -5.40. The molecule has 0 saturated carbocycles. The zero-order valence-electron chi connectivity index (χ0n) is 42.0. The molecule has 10 rings (SSSR count). The lowest BCUT2D eigenvalue weighted by molar-refractivity contribution is -0.183. The Morgan fingerprint density at radius 2 is 0.722 bits per heavy atom. The topological polar surface area (TPSA) is 80.3 Å². The largest absolute Gasteiger partial charge is 0.353 e. The summed E-state index contributed by atoms with van der Waals surface area (Å²) in [4.78, 5) is 4.66. The molecule has 0 bridgehead atoms. The maximum atomic E-state index is 6.36. The molecule has 0 aromatic heterocycles. The van der Waals surface area contributed by atoms with Crippen molar-refractivity contribution in [3.8, 4) is 11.1 Å². The molecule has 0 amide bonds. The van der Waals surface area contributed by atoms with E-state index in [1.807, 2.05) is 0 Å². The number of benzene rings is 6. The fraction of sp³-hybridized carbons (Fsp3) is 0.419. The third-order valence-corrected chi connectivity index (χ3v) is 14.0. The molecule has 6 aromatic rings. The van der Waals surface area contributed by atoms with Crippen molar-refractivity contribution < 1.29 is 37.9 Å². The van der Waals surface area contributed by atoms with Crippen LogP contribution in [0.25, 0.3) is 11.1 Å². The molecule has 4 heterocycles. The average Bonchev–Trinajstić information content (AvgIpc) is 3.43. The van der Waals surface area contributed by atoms with Crippen molar-refractivity contribution in [3.63, 3.8) is 0 Å². The van der Waals surface area contributed by atoms with E-state index >= 15 is 0 Å². The van der Waals surface area contributed by atoms with Crippen LogP contribution in [-0.4, -0.2) is 57.7 Å². The maximum Gasteiger partial charge on any atom is 0.158 e. The lowest BCUT2D eigenvalue weighted by Crippen LogP contribution is -2.27. The Balaban J connectivity index is 0.911. The molecule has 4 saturated heterocycles. The molecule has 0 spiro atoms. The van der Waals surface area contributed by atoms with Crippen molar-refractivity contribution in [1.29, 1.82) is 0 Å². The highest BCUT2D eigenvalue weighted by molar-refractivity contribution is 5.81. The SMILES string of the molecule is CC(Cc1cccc(N(c2ccc(-c3ccc(N(c4cccc(COC5CCCCO5)c4)c4cccc(COC5CCCCO5)c4)cc3)cc2)c2cccc(COC3CCCCO3)c2)c1)OC1CCCCO1. The van der Waals surface area contributed by atoms with E-state index in [0.717, 1.165) is 172 Å². The van der Waals surface area contributed by atoms with Crippen LogP contribution in [0.4, 0.5) is 34.1 Å². The predicted molar refractivity (Wildman–Crippen MR) is 284 cm³/mol. The van der Waals surface area contributed by atoms with E-state index in [2.05, 4.69) is 162 Å². The summed E-state index contributed by atoms with van der Waals surface area (Å²) in [6.45, 7) is 6.65. The fourth-order valence-electron chi connectivity index (χ4n) is 10.2. The first kappa shape index (κ1) is 50.1. The van der Waals surface area contributed by atoms with Gasteiger partial charge in [-0.05, 0) is 197 Å². The molecule has 5 atom stereocenters. The molecule has 5 unspecified atom stereocenters. The molecular formula is C62H72N2O8. The lowest BCUT2D eigenvalue weighted by Gasteiger charge is -2.28. The van der Waals surface area contributed by atoms with Gasteiger partial charge < -0.3 is 47.7 Å². The second kappa shape index (κ2) is 25.5.